The first kappa shape index (κ1) is 14.4. The second-order valence-electron chi connectivity index (χ2n) is 4.13. The fourth-order valence-corrected chi connectivity index (χ4v) is 1.17. The van der Waals surface area contributed by atoms with Gasteiger partial charge in [0.25, 0.3) is 0 Å². The van der Waals surface area contributed by atoms with E-state index < -0.39 is 0 Å². The number of esters is 1. The molecule has 0 spiro atoms. The molecule has 0 aromatic heterocycles. The maximum atomic E-state index is 11.4. The smallest absolute Gasteiger partial charge is 0.308 e. The first-order valence-corrected chi connectivity index (χ1v) is 5.86. The highest BCUT2D eigenvalue weighted by atomic mass is 16.5. The van der Waals surface area contributed by atoms with E-state index in [-0.39, 0.29) is 18.0 Å². The predicted octanol–water partition coefficient (Wildman–Crippen LogP) is 2.78. The van der Waals surface area contributed by atoms with E-state index in [0.29, 0.717) is 6.61 Å². The number of hydrogen-bond acceptors (Lipinski definition) is 3. The van der Waals surface area contributed by atoms with E-state index in [1.807, 2.05) is 27.7 Å². The summed E-state index contributed by atoms with van der Waals surface area (Å²) in [5, 5.41) is 0. The van der Waals surface area contributed by atoms with E-state index >= 15 is 0 Å². The lowest BCUT2D eigenvalue weighted by atomic mass is 10.1. The van der Waals surface area contributed by atoms with E-state index in [0.717, 1.165) is 25.9 Å². The second-order valence-corrected chi connectivity index (χ2v) is 4.13. The Labute approximate surface area is 93.1 Å². The van der Waals surface area contributed by atoms with Gasteiger partial charge in [-0.1, -0.05) is 13.8 Å². The Bertz CT molecular complexity index is 166. The van der Waals surface area contributed by atoms with Crippen LogP contribution >= 0.6 is 0 Å². The van der Waals surface area contributed by atoms with Crippen LogP contribution in [0.5, 0.6) is 0 Å². The second kappa shape index (κ2) is 8.72. The highest BCUT2D eigenvalue weighted by molar-refractivity contribution is 5.71. The van der Waals surface area contributed by atoms with Crippen molar-refractivity contribution in [2.24, 2.45) is 5.92 Å². The molecule has 0 aliphatic carbocycles. The van der Waals surface area contributed by atoms with Gasteiger partial charge in [-0.25, -0.2) is 0 Å². The Kier molecular flexibility index (Phi) is 8.38. The van der Waals surface area contributed by atoms with Gasteiger partial charge >= 0.3 is 5.97 Å². The van der Waals surface area contributed by atoms with Gasteiger partial charge < -0.3 is 9.47 Å². The van der Waals surface area contributed by atoms with E-state index in [1.54, 1.807) is 0 Å². The van der Waals surface area contributed by atoms with Gasteiger partial charge in [0.1, 0.15) is 0 Å². The molecule has 3 nitrogen and oxygen atoms in total. The summed E-state index contributed by atoms with van der Waals surface area (Å²) in [5.74, 6) is -0.0892. The van der Waals surface area contributed by atoms with E-state index in [9.17, 15) is 4.79 Å². The Balaban J connectivity index is 3.46. The van der Waals surface area contributed by atoms with Crippen LogP contribution in [-0.4, -0.2) is 25.3 Å². The summed E-state index contributed by atoms with van der Waals surface area (Å²) in [6.07, 6.45) is 2.91. The van der Waals surface area contributed by atoms with Crippen molar-refractivity contribution < 1.29 is 14.3 Å². The molecule has 3 heteroatoms. The third kappa shape index (κ3) is 8.43. The molecule has 0 bridgehead atoms. The molecule has 0 aliphatic rings. The topological polar surface area (TPSA) is 35.5 Å². The number of carbonyl (C=O) groups excluding carboxylic acids is 1. The van der Waals surface area contributed by atoms with Crippen molar-refractivity contribution in [2.45, 2.75) is 53.1 Å². The molecule has 1 unspecified atom stereocenters. The van der Waals surface area contributed by atoms with E-state index in [4.69, 9.17) is 9.47 Å². The lowest BCUT2D eigenvalue weighted by Gasteiger charge is -2.11. The molecule has 0 fully saturated rings. The maximum Gasteiger partial charge on any atom is 0.308 e. The van der Waals surface area contributed by atoms with Crippen molar-refractivity contribution in [3.05, 3.63) is 0 Å². The molecule has 1 atom stereocenters. The van der Waals surface area contributed by atoms with Crippen molar-refractivity contribution in [3.8, 4) is 0 Å². The molecule has 0 saturated heterocycles. The Morgan fingerprint density at radius 2 is 1.87 bits per heavy atom. The fourth-order valence-electron chi connectivity index (χ4n) is 1.17. The van der Waals surface area contributed by atoms with Crippen LogP contribution in [0.25, 0.3) is 0 Å². The Morgan fingerprint density at radius 1 is 1.20 bits per heavy atom. The van der Waals surface area contributed by atoms with Crippen molar-refractivity contribution >= 4 is 5.97 Å². The minimum atomic E-state index is -0.0820. The van der Waals surface area contributed by atoms with Gasteiger partial charge in [-0.2, -0.15) is 0 Å². The molecule has 0 radical (unpaired) electrons. The molecular formula is C12H24O3. The SMILES string of the molecule is CCCOC(=O)C(C)CCCOC(C)C. The average molecular weight is 216 g/mol. The van der Waals surface area contributed by atoms with E-state index in [2.05, 4.69) is 0 Å². The fraction of sp³-hybridized carbons (Fsp3) is 0.917. The molecule has 0 N–H and O–H groups in total. The number of ether oxygens (including phenoxy) is 2. The van der Waals surface area contributed by atoms with Crippen LogP contribution in [0, 0.1) is 5.92 Å². The molecule has 0 aromatic carbocycles. The quantitative estimate of drug-likeness (QED) is 0.462. The first-order valence-electron chi connectivity index (χ1n) is 5.86. The minimum Gasteiger partial charge on any atom is -0.465 e. The van der Waals surface area contributed by atoms with E-state index in [1.165, 1.54) is 0 Å². The minimum absolute atomic E-state index is 0.00712. The lowest BCUT2D eigenvalue weighted by Crippen LogP contribution is -2.16. The van der Waals surface area contributed by atoms with Crippen LogP contribution in [0.2, 0.25) is 0 Å². The molecule has 15 heavy (non-hydrogen) atoms. The summed E-state index contributed by atoms with van der Waals surface area (Å²) < 4.78 is 10.5. The average Bonchev–Trinajstić information content (AvgIpc) is 2.20. The zero-order valence-electron chi connectivity index (χ0n) is 10.4. The highest BCUT2D eigenvalue weighted by Crippen LogP contribution is 2.08. The van der Waals surface area contributed by atoms with Crippen molar-refractivity contribution in [2.75, 3.05) is 13.2 Å². The maximum absolute atomic E-state index is 11.4. The first-order chi connectivity index (χ1) is 7.07. The number of carbonyl (C=O) groups is 1. The largest absolute Gasteiger partial charge is 0.465 e. The monoisotopic (exact) mass is 216 g/mol. The summed E-state index contributed by atoms with van der Waals surface area (Å²) in [6.45, 7) is 9.19. The van der Waals surface area contributed by atoms with Crippen LogP contribution in [0.3, 0.4) is 0 Å². The van der Waals surface area contributed by atoms with Crippen molar-refractivity contribution in [1.82, 2.24) is 0 Å². The molecule has 0 rings (SSSR count). The zero-order chi connectivity index (χ0) is 11.7. The Morgan fingerprint density at radius 3 is 2.40 bits per heavy atom. The predicted molar refractivity (Wildman–Crippen MR) is 60.7 cm³/mol. The highest BCUT2D eigenvalue weighted by Gasteiger charge is 2.13. The zero-order valence-corrected chi connectivity index (χ0v) is 10.4. The van der Waals surface area contributed by atoms with Crippen LogP contribution < -0.4 is 0 Å². The molecule has 0 amide bonds. The Hall–Kier alpha value is -0.570. The van der Waals surface area contributed by atoms with Crippen LogP contribution in [-0.2, 0) is 14.3 Å². The van der Waals surface area contributed by atoms with Crippen LogP contribution in [0.1, 0.15) is 47.0 Å². The van der Waals surface area contributed by atoms with Crippen LogP contribution in [0.4, 0.5) is 0 Å². The molecule has 90 valence electrons. The van der Waals surface area contributed by atoms with Crippen molar-refractivity contribution in [1.29, 1.82) is 0 Å². The van der Waals surface area contributed by atoms with Gasteiger partial charge in [-0.15, -0.1) is 0 Å². The molecular weight excluding hydrogens is 192 g/mol. The van der Waals surface area contributed by atoms with Gasteiger partial charge in [0, 0.05) is 6.61 Å². The summed E-state index contributed by atoms with van der Waals surface area (Å²) >= 11 is 0. The van der Waals surface area contributed by atoms with Crippen molar-refractivity contribution in [3.63, 3.8) is 0 Å². The summed E-state index contributed by atoms with van der Waals surface area (Å²) in [5.41, 5.74) is 0. The van der Waals surface area contributed by atoms with Gasteiger partial charge in [-0.3, -0.25) is 4.79 Å². The summed E-state index contributed by atoms with van der Waals surface area (Å²) in [4.78, 5) is 11.4. The van der Waals surface area contributed by atoms with Gasteiger partial charge in [0.05, 0.1) is 18.6 Å². The number of hydrogen-bond donors (Lipinski definition) is 0. The van der Waals surface area contributed by atoms with Crippen LogP contribution in [0.15, 0.2) is 0 Å². The summed E-state index contributed by atoms with van der Waals surface area (Å²) in [7, 11) is 0. The third-order valence-corrected chi connectivity index (χ3v) is 2.08. The van der Waals surface area contributed by atoms with Gasteiger partial charge in [-0.05, 0) is 33.1 Å². The lowest BCUT2D eigenvalue weighted by molar-refractivity contribution is -0.148. The van der Waals surface area contributed by atoms with Gasteiger partial charge in [0.15, 0.2) is 0 Å². The molecule has 0 aromatic rings. The standard InChI is InChI=1S/C12H24O3/c1-5-8-15-12(13)11(4)7-6-9-14-10(2)3/h10-11H,5-9H2,1-4H3. The molecule has 0 saturated carbocycles. The van der Waals surface area contributed by atoms with Gasteiger partial charge in [0.2, 0.25) is 0 Å². The number of rotatable bonds is 8. The third-order valence-electron chi connectivity index (χ3n) is 2.08. The normalized spacial score (nSPS) is 12.9. The molecule has 0 aliphatic heterocycles. The molecule has 0 heterocycles. The summed E-state index contributed by atoms with van der Waals surface area (Å²) in [6, 6.07) is 0.